The van der Waals surface area contributed by atoms with Crippen LogP contribution in [0.15, 0.2) is 334 Å². The zero-order valence-corrected chi connectivity index (χ0v) is 81.2. The van der Waals surface area contributed by atoms with E-state index in [1.54, 1.807) is 13.3 Å². The van der Waals surface area contributed by atoms with E-state index in [9.17, 15) is 5.26 Å². The van der Waals surface area contributed by atoms with Crippen molar-refractivity contribution in [2.45, 2.75) is 102 Å². The minimum absolute atomic E-state index is 0. The third-order valence-electron chi connectivity index (χ3n) is 22.6. The number of pyridine rings is 5. The summed E-state index contributed by atoms with van der Waals surface area (Å²) in [6.45, 7) is 8.38. The predicted octanol–water partition coefficient (Wildman–Crippen LogP) is 24.1. The molecule has 14 nitrogen and oxygen atoms in total. The van der Waals surface area contributed by atoms with Crippen molar-refractivity contribution < 1.29 is 4.74 Å². The molecule has 5 heterocycles. The Morgan fingerprint density at radius 3 is 1.08 bits per heavy atom. The van der Waals surface area contributed by atoms with Gasteiger partial charge in [0.2, 0.25) is 6.19 Å². The first-order chi connectivity index (χ1) is 61.5. The zero-order valence-electron chi connectivity index (χ0n) is 73.8. The number of hydrogen-bond acceptors (Lipinski definition) is 17. The minimum atomic E-state index is 0. The molecule has 4 atom stereocenters. The lowest BCUT2D eigenvalue weighted by Crippen LogP contribution is -2.36. The normalized spacial score (nSPS) is 11.6. The molecule has 5 aromatic heterocycles. The number of nitriles is 1. The van der Waals surface area contributed by atoms with Gasteiger partial charge in [-0.05, 0) is 221 Å². The molecule has 0 saturated heterocycles. The number of thiocarbonyl (C=S) groups is 4. The summed E-state index contributed by atoms with van der Waals surface area (Å²) in [5, 5.41) is 23.4. The van der Waals surface area contributed by atoms with Crippen LogP contribution < -0.4 is 33.4 Å². The molecule has 0 aliphatic carbocycles. The molecule has 11 aromatic carbocycles. The van der Waals surface area contributed by atoms with Gasteiger partial charge in [0.05, 0.1) is 7.11 Å². The Morgan fingerprint density at radius 2 is 0.687 bits per heavy atom. The van der Waals surface area contributed by atoms with Gasteiger partial charge in [-0.15, -0.1) is 62.0 Å². The molecule has 0 spiro atoms. The van der Waals surface area contributed by atoms with Crippen LogP contribution in [0.25, 0.3) is 64.6 Å². The van der Waals surface area contributed by atoms with Crippen LogP contribution in [0.5, 0.6) is 5.75 Å². The molecule has 10 N–H and O–H groups in total. The second kappa shape index (κ2) is 56.1. The van der Waals surface area contributed by atoms with Gasteiger partial charge in [-0.25, -0.2) is 0 Å². The summed E-state index contributed by atoms with van der Waals surface area (Å²) in [5.74, 6) is 2.64. The summed E-state index contributed by atoms with van der Waals surface area (Å²) in [4.78, 5) is 31.2. The van der Waals surface area contributed by atoms with Gasteiger partial charge in [-0.3, -0.25) is 24.9 Å². The van der Waals surface area contributed by atoms with E-state index in [4.69, 9.17) is 82.3 Å². The van der Waals surface area contributed by atoms with Gasteiger partial charge in [-0.2, -0.15) is 10.3 Å². The maximum Gasteiger partial charge on any atom is 0.207 e. The van der Waals surface area contributed by atoms with Crippen LogP contribution in [0.4, 0.5) is 0 Å². The van der Waals surface area contributed by atoms with E-state index in [1.165, 1.54) is 93.5 Å². The van der Waals surface area contributed by atoms with E-state index in [0.29, 0.717) is 64.1 Å². The monoisotopic (exact) mass is 1910 g/mol. The van der Waals surface area contributed by atoms with Gasteiger partial charge in [0.15, 0.2) is 0 Å². The average molecular weight is 1920 g/mol. The van der Waals surface area contributed by atoms with Crippen molar-refractivity contribution in [2.24, 2.45) is 33.7 Å². The Kier molecular flexibility index (Phi) is 45.9. The van der Waals surface area contributed by atoms with Crippen LogP contribution in [-0.2, 0) is 38.6 Å². The molecule has 131 heavy (non-hydrogen) atoms. The van der Waals surface area contributed by atoms with Crippen LogP contribution >= 0.6 is 111 Å². The number of methoxy groups -OCH3 is 1. The summed E-state index contributed by atoms with van der Waals surface area (Å²) < 4.78 is 5.31. The number of rotatable bonds is 31. The topological polar surface area (TPSA) is 243 Å². The maximum atomic E-state index is 9.20. The number of aryl methyl sites for hydroxylation is 2. The highest BCUT2D eigenvalue weighted by atomic mass is 35.5. The van der Waals surface area contributed by atoms with Crippen LogP contribution in [0.2, 0.25) is 0 Å². The second-order valence-corrected chi connectivity index (χ2v) is 34.2. The lowest BCUT2D eigenvalue weighted by molar-refractivity contribution is 0.414. The summed E-state index contributed by atoms with van der Waals surface area (Å²) in [6, 6.07) is 92.5. The Labute approximate surface area is 823 Å². The van der Waals surface area contributed by atoms with Crippen LogP contribution in [-0.4, -0.2) is 101 Å². The van der Waals surface area contributed by atoms with Gasteiger partial charge >= 0.3 is 0 Å². The number of ether oxygens (including phenoxy) is 1. The molecule has 16 rings (SSSR count). The number of nitrogens with zero attached hydrogens (tertiary/aromatic N) is 8. The molecule has 0 bridgehead atoms. The lowest BCUT2D eigenvalue weighted by atomic mass is 9.89. The molecule has 0 radical (unpaired) electrons. The quantitative estimate of drug-likeness (QED) is 0.0117. The Balaban J connectivity index is 0.000000222. The van der Waals surface area contributed by atoms with Crippen molar-refractivity contribution in [1.82, 2.24) is 29.8 Å². The standard InChI is InChI=1S/C24H22N2S.C22H23N5.C21H22N2OS.C21H22N2S.C20H20N2S.5ClH/c25-15-21(24-7-3-5-18-4-1-2-6-23(18)24)14-22(27)13-17-8-9-20-16-26-11-10-19(20)12-17;1-17-2-4-18(5-3-17)15-27(11-9-23)22(26-16-24)13-19-6-7-21-14-25-10-8-20(21)12-19;1-24-20-4-2-3-16(11-20)19(13-22)12-21(25)10-15-5-6-18-14-23-8-7-17(18)9-15;1-15-2-5-17(6-3-15)20(13-22)12-21(24)11-16-4-7-19-14-23-9-8-18(19)10-16;21-13-19(16-4-2-1-3-5-16)12-20(23)11-15-6-7-18-14-22-9-8-17(18)10-15;;;;;/h1-12,16,21H,13-15,25H2;2-8,10,12,14H,9,11,13,15,23H2,1H3;2-9,11,14,19H,10,12-13,22H2,1H3;2-10,14,20H,11-13,22H2,1H3;1-10,14,19H,11-13,21H2;5*1H. The average Bonchev–Trinajstić information content (AvgIpc) is 0.805. The number of hydrogen-bond donors (Lipinski definition) is 5. The summed E-state index contributed by atoms with van der Waals surface area (Å²) in [5.41, 5.74) is 44.7. The van der Waals surface area contributed by atoms with E-state index < -0.39 is 0 Å². The zero-order chi connectivity index (χ0) is 88.4. The number of halogens is 5. The molecule has 0 fully saturated rings. The molecule has 676 valence electrons. The van der Waals surface area contributed by atoms with Crippen molar-refractivity contribution in [2.75, 3.05) is 46.4 Å². The third-order valence-corrected chi connectivity index (χ3v) is 23.9. The van der Waals surface area contributed by atoms with Crippen LogP contribution in [0.1, 0.15) is 116 Å². The van der Waals surface area contributed by atoms with E-state index in [1.807, 2.05) is 117 Å². The molecule has 0 aliphatic heterocycles. The van der Waals surface area contributed by atoms with Gasteiger partial charge in [0.1, 0.15) is 11.6 Å². The third kappa shape index (κ3) is 32.5. The van der Waals surface area contributed by atoms with Gasteiger partial charge in [-0.1, -0.05) is 284 Å². The largest absolute Gasteiger partial charge is 0.497 e. The van der Waals surface area contributed by atoms with Crippen LogP contribution in [0, 0.1) is 25.3 Å². The fourth-order valence-electron chi connectivity index (χ4n) is 15.7. The first-order valence-electron chi connectivity index (χ1n) is 42.7. The Morgan fingerprint density at radius 1 is 0.351 bits per heavy atom. The highest BCUT2D eigenvalue weighted by molar-refractivity contribution is 7.81. The fourth-order valence-corrected chi connectivity index (χ4v) is 17.2. The molecule has 0 aliphatic rings. The highest BCUT2D eigenvalue weighted by Gasteiger charge is 2.20. The number of aliphatic imine (C=N–C) groups is 1. The van der Waals surface area contributed by atoms with E-state index >= 15 is 0 Å². The van der Waals surface area contributed by atoms with Crippen molar-refractivity contribution in [3.63, 3.8) is 0 Å². The number of benzene rings is 11. The maximum absolute atomic E-state index is 9.20. The SMILES string of the molecule is COc1cccc(C(CN)CC(=S)Cc2ccc3cnccc3c2)c1.Cc1ccc(C(CN)CC(=S)Cc2ccc3cnccc3c2)cc1.Cc1ccc(CN(CCN)C(Cc2ccc3cnccc3c2)=NC#N)cc1.Cl.Cl.Cl.Cl.Cl.NCC(CC(=S)Cc1ccc2cnccc2c1)c1cccc2ccccc12.NCC(CC(=S)Cc1ccc2cnccc2c1)c1ccccc1. The predicted molar refractivity (Wildman–Crippen MR) is 578 cm³/mol. The van der Waals surface area contributed by atoms with Crippen molar-refractivity contribution >= 4 is 201 Å². The Hall–Kier alpha value is -10.9. The second-order valence-electron chi connectivity index (χ2n) is 31.9. The molecule has 16 aromatic rings. The summed E-state index contributed by atoms with van der Waals surface area (Å²) in [6.07, 6.45) is 27.6. The van der Waals surface area contributed by atoms with E-state index in [-0.39, 0.29) is 73.9 Å². The minimum Gasteiger partial charge on any atom is -0.497 e. The summed E-state index contributed by atoms with van der Waals surface area (Å²) >= 11 is 22.7. The number of amidine groups is 1. The Bertz CT molecular complexity index is 6410. The van der Waals surface area contributed by atoms with Crippen LogP contribution in [0.3, 0.4) is 0 Å². The van der Waals surface area contributed by atoms with Gasteiger partial charge in [0, 0.05) is 164 Å². The van der Waals surface area contributed by atoms with Crippen molar-refractivity contribution in [3.8, 4) is 11.9 Å². The molecule has 23 heteroatoms. The lowest BCUT2D eigenvalue weighted by Gasteiger charge is -2.25. The van der Waals surface area contributed by atoms with Crippen molar-refractivity contribution in [1.29, 1.82) is 5.26 Å². The fraction of sp³-hybridized carbons (Fsp3) is 0.213. The van der Waals surface area contributed by atoms with Gasteiger partial charge < -0.3 is 38.3 Å². The molecular formula is C108H114Cl5N13OS4. The highest BCUT2D eigenvalue weighted by Crippen LogP contribution is 2.32. The first-order valence-corrected chi connectivity index (χ1v) is 44.4. The van der Waals surface area contributed by atoms with Gasteiger partial charge in [0.25, 0.3) is 0 Å². The smallest absolute Gasteiger partial charge is 0.207 e. The molecule has 4 unspecified atom stereocenters. The number of fused-ring (bicyclic) bond motifs is 6. The van der Waals surface area contributed by atoms with E-state index in [2.05, 4.69) is 261 Å². The van der Waals surface area contributed by atoms with Crippen molar-refractivity contribution in [3.05, 3.63) is 396 Å². The first kappa shape index (κ1) is 107. The number of nitrogens with two attached hydrogens (primary N) is 5. The molecule has 0 saturated carbocycles. The molecule has 0 amide bonds. The molecular weight excluding hydrogens is 1800 g/mol. The summed E-state index contributed by atoms with van der Waals surface area (Å²) in [7, 11) is 1.68. The van der Waals surface area contributed by atoms with E-state index in [0.717, 1.165) is 120 Å². The number of aromatic nitrogens is 5.